The van der Waals surface area contributed by atoms with Crippen molar-refractivity contribution in [3.63, 3.8) is 0 Å². The van der Waals surface area contributed by atoms with Crippen molar-refractivity contribution in [2.24, 2.45) is 0 Å². The first-order chi connectivity index (χ1) is 10.9. The Morgan fingerprint density at radius 1 is 1.30 bits per heavy atom. The molecule has 0 radical (unpaired) electrons. The summed E-state index contributed by atoms with van der Waals surface area (Å²) >= 11 is 0. The van der Waals surface area contributed by atoms with Crippen molar-refractivity contribution in [1.29, 1.82) is 0 Å². The first-order valence-electron chi connectivity index (χ1n) is 6.96. The summed E-state index contributed by atoms with van der Waals surface area (Å²) in [5, 5.41) is 16.6. The quantitative estimate of drug-likeness (QED) is 0.772. The van der Waals surface area contributed by atoms with E-state index in [1.807, 2.05) is 12.1 Å². The number of carbonyl (C=O) groups excluding carboxylic acids is 1. The number of carbonyl (C=O) groups is 2. The summed E-state index contributed by atoms with van der Waals surface area (Å²) in [6.07, 6.45) is 4.28. The topological polar surface area (TPSA) is 97.4 Å². The van der Waals surface area contributed by atoms with Crippen LogP contribution in [0.4, 0.5) is 5.69 Å². The number of para-hydroxylation sites is 1. The number of aromatic nitrogens is 2. The molecule has 7 heteroatoms. The molecule has 7 nitrogen and oxygen atoms in total. The summed E-state index contributed by atoms with van der Waals surface area (Å²) in [4.78, 5) is 23.6. The van der Waals surface area contributed by atoms with E-state index >= 15 is 0 Å². The van der Waals surface area contributed by atoms with Gasteiger partial charge in [-0.3, -0.25) is 9.48 Å². The van der Waals surface area contributed by atoms with Gasteiger partial charge in [0.2, 0.25) is 0 Å². The summed E-state index contributed by atoms with van der Waals surface area (Å²) < 4.78 is 6.63. The van der Waals surface area contributed by atoms with Gasteiger partial charge in [0.15, 0.2) is 5.54 Å². The van der Waals surface area contributed by atoms with Gasteiger partial charge in [-0.2, -0.15) is 5.10 Å². The van der Waals surface area contributed by atoms with Gasteiger partial charge >= 0.3 is 5.97 Å². The van der Waals surface area contributed by atoms with Crippen molar-refractivity contribution in [2.45, 2.75) is 19.4 Å². The third kappa shape index (κ3) is 2.57. The van der Waals surface area contributed by atoms with E-state index in [-0.39, 0.29) is 5.91 Å². The van der Waals surface area contributed by atoms with E-state index in [0.29, 0.717) is 22.2 Å². The van der Waals surface area contributed by atoms with E-state index in [1.165, 1.54) is 37.2 Å². The number of carboxylic acids is 1. The highest BCUT2D eigenvalue weighted by atomic mass is 16.4. The van der Waals surface area contributed by atoms with Crippen molar-refractivity contribution >= 4 is 28.5 Å². The molecule has 0 aliphatic carbocycles. The number of nitrogens with one attached hydrogen (secondary N) is 1. The lowest BCUT2D eigenvalue weighted by molar-refractivity contribution is -0.146. The Kier molecular flexibility index (Phi) is 3.40. The number of benzene rings is 1. The zero-order chi connectivity index (χ0) is 16.6. The summed E-state index contributed by atoms with van der Waals surface area (Å²) in [6, 6.07) is 7.22. The van der Waals surface area contributed by atoms with Crippen molar-refractivity contribution in [3.05, 3.63) is 48.5 Å². The Balaban J connectivity index is 1.84. The van der Waals surface area contributed by atoms with Crippen LogP contribution in [0.1, 0.15) is 24.2 Å². The molecule has 1 amide bonds. The number of rotatable bonds is 4. The lowest BCUT2D eigenvalue weighted by Crippen LogP contribution is -2.35. The molecule has 3 aromatic rings. The average molecular weight is 313 g/mol. The highest BCUT2D eigenvalue weighted by Crippen LogP contribution is 2.22. The summed E-state index contributed by atoms with van der Waals surface area (Å²) in [7, 11) is 0. The van der Waals surface area contributed by atoms with E-state index in [0.717, 1.165) is 0 Å². The van der Waals surface area contributed by atoms with Crippen LogP contribution in [0.15, 0.2) is 47.3 Å². The first kappa shape index (κ1) is 14.8. The maximum Gasteiger partial charge on any atom is 0.331 e. The smallest absolute Gasteiger partial charge is 0.331 e. The summed E-state index contributed by atoms with van der Waals surface area (Å²) in [6.45, 7) is 3.05. The van der Waals surface area contributed by atoms with Crippen molar-refractivity contribution in [1.82, 2.24) is 9.78 Å². The highest BCUT2D eigenvalue weighted by Gasteiger charge is 2.30. The first-order valence-corrected chi connectivity index (χ1v) is 6.96. The fourth-order valence-electron chi connectivity index (χ4n) is 2.14. The SMILES string of the molecule is CC(C)(C(=O)O)n1cc(NC(=O)c2coc3ccccc23)cn1. The van der Waals surface area contributed by atoms with Crippen molar-refractivity contribution in [2.75, 3.05) is 5.32 Å². The Morgan fingerprint density at radius 2 is 2.04 bits per heavy atom. The van der Waals surface area contributed by atoms with Crippen LogP contribution in [0.2, 0.25) is 0 Å². The van der Waals surface area contributed by atoms with Gasteiger partial charge in [-0.15, -0.1) is 0 Å². The summed E-state index contributed by atoms with van der Waals surface area (Å²) in [5.41, 5.74) is 0.242. The molecule has 2 heterocycles. The number of anilines is 1. The average Bonchev–Trinajstić information content (AvgIpc) is 3.13. The molecule has 23 heavy (non-hydrogen) atoms. The fourth-order valence-corrected chi connectivity index (χ4v) is 2.14. The Labute approximate surface area is 131 Å². The van der Waals surface area contributed by atoms with E-state index in [4.69, 9.17) is 4.42 Å². The number of furan rings is 1. The molecule has 0 atom stereocenters. The van der Waals surface area contributed by atoms with Gasteiger partial charge in [-0.1, -0.05) is 18.2 Å². The third-order valence-electron chi connectivity index (χ3n) is 3.66. The Morgan fingerprint density at radius 3 is 2.78 bits per heavy atom. The van der Waals surface area contributed by atoms with Crippen LogP contribution in [0, 0.1) is 0 Å². The van der Waals surface area contributed by atoms with Gasteiger partial charge in [0.1, 0.15) is 11.8 Å². The van der Waals surface area contributed by atoms with Crippen molar-refractivity contribution < 1.29 is 19.1 Å². The van der Waals surface area contributed by atoms with Gasteiger partial charge in [0.05, 0.1) is 17.4 Å². The molecule has 0 fully saturated rings. The molecule has 2 N–H and O–H groups in total. The molecule has 1 aromatic carbocycles. The Hall–Kier alpha value is -3.09. The van der Waals surface area contributed by atoms with E-state index in [9.17, 15) is 14.7 Å². The standard InChI is InChI=1S/C16H15N3O4/c1-16(2,15(21)22)19-8-10(7-17-19)18-14(20)12-9-23-13-6-4-3-5-11(12)13/h3-9H,1-2H3,(H,18,20)(H,21,22). The largest absolute Gasteiger partial charge is 0.479 e. The van der Waals surface area contributed by atoms with Crippen LogP contribution in [0.5, 0.6) is 0 Å². The van der Waals surface area contributed by atoms with Gasteiger partial charge in [0.25, 0.3) is 5.91 Å². The number of amides is 1. The maximum absolute atomic E-state index is 12.4. The van der Waals surface area contributed by atoms with Gasteiger partial charge in [-0.25, -0.2) is 4.79 Å². The van der Waals surface area contributed by atoms with Gasteiger partial charge in [0, 0.05) is 11.6 Å². The van der Waals surface area contributed by atoms with Gasteiger partial charge in [-0.05, 0) is 19.9 Å². The van der Waals surface area contributed by atoms with Gasteiger partial charge < -0.3 is 14.8 Å². The molecule has 0 spiro atoms. The van der Waals surface area contributed by atoms with Crippen LogP contribution in [0.3, 0.4) is 0 Å². The molecular weight excluding hydrogens is 298 g/mol. The van der Waals surface area contributed by atoms with Crippen LogP contribution in [-0.2, 0) is 10.3 Å². The molecule has 0 saturated heterocycles. The minimum atomic E-state index is -1.20. The summed E-state index contributed by atoms with van der Waals surface area (Å²) in [5.74, 6) is -1.36. The number of fused-ring (bicyclic) bond motifs is 1. The molecule has 0 saturated carbocycles. The number of carboxylic acid groups (broad SMARTS) is 1. The predicted octanol–water partition coefficient (Wildman–Crippen LogP) is 2.70. The number of hydrogen-bond acceptors (Lipinski definition) is 4. The molecule has 118 valence electrons. The molecule has 0 aliphatic heterocycles. The molecule has 3 rings (SSSR count). The molecular formula is C16H15N3O4. The van der Waals surface area contributed by atoms with E-state index in [1.54, 1.807) is 12.1 Å². The lowest BCUT2D eigenvalue weighted by atomic mass is 10.1. The lowest BCUT2D eigenvalue weighted by Gasteiger charge is -2.19. The van der Waals surface area contributed by atoms with Crippen LogP contribution < -0.4 is 5.32 Å². The highest BCUT2D eigenvalue weighted by molar-refractivity contribution is 6.12. The van der Waals surface area contributed by atoms with E-state index < -0.39 is 11.5 Å². The number of aliphatic carboxylic acids is 1. The zero-order valence-corrected chi connectivity index (χ0v) is 12.6. The Bertz CT molecular complexity index is 892. The number of nitrogens with zero attached hydrogens (tertiary/aromatic N) is 2. The predicted molar refractivity (Wildman–Crippen MR) is 83.4 cm³/mol. The van der Waals surface area contributed by atoms with Crippen LogP contribution in [-0.4, -0.2) is 26.8 Å². The number of hydrogen-bond donors (Lipinski definition) is 2. The molecule has 0 aliphatic rings. The normalized spacial score (nSPS) is 11.6. The minimum absolute atomic E-state index is 0.345. The second-order valence-electron chi connectivity index (χ2n) is 5.64. The molecule has 0 bridgehead atoms. The second-order valence-corrected chi connectivity index (χ2v) is 5.64. The van der Waals surface area contributed by atoms with Crippen LogP contribution in [0.25, 0.3) is 11.0 Å². The molecule has 2 aromatic heterocycles. The zero-order valence-electron chi connectivity index (χ0n) is 12.6. The minimum Gasteiger partial charge on any atom is -0.479 e. The van der Waals surface area contributed by atoms with E-state index in [2.05, 4.69) is 10.4 Å². The second kappa shape index (κ2) is 5.28. The monoisotopic (exact) mass is 313 g/mol. The maximum atomic E-state index is 12.4. The molecule has 0 unspecified atom stereocenters. The fraction of sp³-hybridized carbons (Fsp3) is 0.188. The third-order valence-corrected chi connectivity index (χ3v) is 3.66. The van der Waals surface area contributed by atoms with Crippen LogP contribution >= 0.6 is 0 Å². The van der Waals surface area contributed by atoms with Crippen molar-refractivity contribution in [3.8, 4) is 0 Å².